The van der Waals surface area contributed by atoms with E-state index in [2.05, 4.69) is 9.97 Å². The number of nitrogens with zero attached hydrogens (tertiary/aromatic N) is 3. The van der Waals surface area contributed by atoms with Gasteiger partial charge >= 0.3 is 0 Å². The molecule has 1 amide bonds. The van der Waals surface area contributed by atoms with Gasteiger partial charge in [-0.2, -0.15) is 0 Å². The number of carbonyl (C=O) groups is 1. The maximum Gasteiger partial charge on any atom is 0.223 e. The lowest BCUT2D eigenvalue weighted by Gasteiger charge is -2.24. The lowest BCUT2D eigenvalue weighted by atomic mass is 10.1. The van der Waals surface area contributed by atoms with E-state index in [1.54, 1.807) is 18.6 Å². The van der Waals surface area contributed by atoms with E-state index in [1.807, 2.05) is 41.3 Å². The number of rotatable bonds is 5. The lowest BCUT2D eigenvalue weighted by Crippen LogP contribution is -2.30. The van der Waals surface area contributed by atoms with Crippen LogP contribution in [0.5, 0.6) is 0 Å². The van der Waals surface area contributed by atoms with E-state index in [9.17, 15) is 4.79 Å². The first-order valence-electron chi connectivity index (χ1n) is 9.11. The van der Waals surface area contributed by atoms with Gasteiger partial charge in [-0.25, -0.2) is 4.98 Å². The van der Waals surface area contributed by atoms with Crippen molar-refractivity contribution >= 4 is 17.5 Å². The standard InChI is InChI=1S/C21H20ClN3O2/c22-17-5-3-16(4-6-17)19-14-24-20(27-19)7-8-21(26)25-13-1-2-18(25)15-9-11-23-12-10-15/h3-6,9-12,14,18H,1-2,7-8,13H2/t18-/m0/s1. The van der Waals surface area contributed by atoms with E-state index >= 15 is 0 Å². The number of halogens is 1. The molecule has 0 saturated carbocycles. The molecule has 1 atom stereocenters. The highest BCUT2D eigenvalue weighted by Crippen LogP contribution is 2.32. The third-order valence-corrected chi connectivity index (χ3v) is 5.15. The number of hydrogen-bond donors (Lipinski definition) is 0. The number of amides is 1. The zero-order valence-electron chi connectivity index (χ0n) is 14.8. The minimum atomic E-state index is 0.139. The molecular formula is C21H20ClN3O2. The zero-order valence-corrected chi connectivity index (χ0v) is 15.6. The van der Waals surface area contributed by atoms with E-state index in [0.717, 1.165) is 30.5 Å². The number of oxazole rings is 1. The molecule has 1 aliphatic heterocycles. The molecule has 1 aliphatic rings. The third-order valence-electron chi connectivity index (χ3n) is 4.90. The quantitative estimate of drug-likeness (QED) is 0.643. The summed E-state index contributed by atoms with van der Waals surface area (Å²) < 4.78 is 5.80. The summed E-state index contributed by atoms with van der Waals surface area (Å²) in [6, 6.07) is 11.5. The topological polar surface area (TPSA) is 59.2 Å². The Kier molecular flexibility index (Phi) is 5.21. The first kappa shape index (κ1) is 17.7. The molecule has 3 aromatic rings. The monoisotopic (exact) mass is 381 g/mol. The van der Waals surface area contributed by atoms with Crippen molar-refractivity contribution in [3.8, 4) is 11.3 Å². The van der Waals surface area contributed by atoms with Crippen molar-refractivity contribution in [2.45, 2.75) is 31.7 Å². The maximum atomic E-state index is 12.7. The summed E-state index contributed by atoms with van der Waals surface area (Å²) in [4.78, 5) is 23.1. The van der Waals surface area contributed by atoms with Crippen molar-refractivity contribution in [2.24, 2.45) is 0 Å². The van der Waals surface area contributed by atoms with Crippen LogP contribution in [0.25, 0.3) is 11.3 Å². The van der Waals surface area contributed by atoms with Crippen molar-refractivity contribution in [1.29, 1.82) is 0 Å². The van der Waals surface area contributed by atoms with Gasteiger partial charge in [-0.3, -0.25) is 9.78 Å². The van der Waals surface area contributed by atoms with Gasteiger partial charge in [-0.15, -0.1) is 0 Å². The Hall–Kier alpha value is -2.66. The van der Waals surface area contributed by atoms with Gasteiger partial charge in [0.05, 0.1) is 12.2 Å². The fourth-order valence-corrected chi connectivity index (χ4v) is 3.65. The van der Waals surface area contributed by atoms with Crippen LogP contribution >= 0.6 is 11.6 Å². The molecule has 1 aromatic carbocycles. The predicted molar refractivity (Wildman–Crippen MR) is 103 cm³/mol. The summed E-state index contributed by atoms with van der Waals surface area (Å²) in [5, 5.41) is 0.679. The minimum Gasteiger partial charge on any atom is -0.441 e. The first-order valence-corrected chi connectivity index (χ1v) is 9.48. The number of pyridine rings is 1. The van der Waals surface area contributed by atoms with Gasteiger partial charge in [0.25, 0.3) is 0 Å². The number of carbonyl (C=O) groups excluding carboxylic acids is 1. The summed E-state index contributed by atoms with van der Waals surface area (Å²) in [6.45, 7) is 0.799. The highest BCUT2D eigenvalue weighted by atomic mass is 35.5. The van der Waals surface area contributed by atoms with Crippen molar-refractivity contribution in [3.05, 3.63) is 71.5 Å². The van der Waals surface area contributed by atoms with Crippen LogP contribution < -0.4 is 0 Å². The van der Waals surface area contributed by atoms with Crippen molar-refractivity contribution in [3.63, 3.8) is 0 Å². The highest BCUT2D eigenvalue weighted by Gasteiger charge is 2.29. The second kappa shape index (κ2) is 7.92. The predicted octanol–water partition coefficient (Wildman–Crippen LogP) is 4.69. The molecule has 0 aliphatic carbocycles. The molecule has 2 aromatic heterocycles. The smallest absolute Gasteiger partial charge is 0.223 e. The number of aryl methyl sites for hydroxylation is 1. The molecular weight excluding hydrogens is 362 g/mol. The fraction of sp³-hybridized carbons (Fsp3) is 0.286. The Morgan fingerprint density at radius 1 is 1.19 bits per heavy atom. The average molecular weight is 382 g/mol. The summed E-state index contributed by atoms with van der Waals surface area (Å²) in [6.07, 6.45) is 8.16. The van der Waals surface area contributed by atoms with Crippen LogP contribution in [0.2, 0.25) is 5.02 Å². The van der Waals surface area contributed by atoms with E-state index in [4.69, 9.17) is 16.0 Å². The van der Waals surface area contributed by atoms with Crippen LogP contribution in [0.1, 0.15) is 36.8 Å². The normalized spacial score (nSPS) is 16.6. The number of aromatic nitrogens is 2. The summed E-state index contributed by atoms with van der Waals surface area (Å²) >= 11 is 5.92. The SMILES string of the molecule is O=C(CCc1ncc(-c2ccc(Cl)cc2)o1)N1CCC[C@H]1c1ccncc1. The van der Waals surface area contributed by atoms with Crippen molar-refractivity contribution < 1.29 is 9.21 Å². The Morgan fingerprint density at radius 3 is 2.74 bits per heavy atom. The Labute approximate surface area is 163 Å². The minimum absolute atomic E-state index is 0.139. The molecule has 0 bridgehead atoms. The van der Waals surface area contributed by atoms with Gasteiger partial charge in [0.2, 0.25) is 5.91 Å². The molecule has 1 fully saturated rings. The molecule has 0 N–H and O–H groups in total. The zero-order chi connectivity index (χ0) is 18.6. The van der Waals surface area contributed by atoms with E-state index in [1.165, 1.54) is 0 Å². The van der Waals surface area contributed by atoms with E-state index in [0.29, 0.717) is 29.5 Å². The molecule has 5 nitrogen and oxygen atoms in total. The Balaban J connectivity index is 1.39. The lowest BCUT2D eigenvalue weighted by molar-refractivity contribution is -0.132. The first-order chi connectivity index (χ1) is 13.2. The van der Waals surface area contributed by atoms with Crippen molar-refractivity contribution in [1.82, 2.24) is 14.9 Å². The van der Waals surface area contributed by atoms with Crippen LogP contribution in [0, 0.1) is 0 Å². The average Bonchev–Trinajstić information content (AvgIpc) is 3.37. The molecule has 0 spiro atoms. The second-order valence-corrected chi connectivity index (χ2v) is 7.09. The largest absolute Gasteiger partial charge is 0.441 e. The Morgan fingerprint density at radius 2 is 1.96 bits per heavy atom. The van der Waals surface area contributed by atoms with E-state index in [-0.39, 0.29) is 11.9 Å². The van der Waals surface area contributed by atoms with Crippen LogP contribution in [-0.2, 0) is 11.2 Å². The van der Waals surface area contributed by atoms with Crippen molar-refractivity contribution in [2.75, 3.05) is 6.54 Å². The van der Waals surface area contributed by atoms with Crippen LogP contribution in [0.15, 0.2) is 59.4 Å². The van der Waals surface area contributed by atoms with Gasteiger partial charge < -0.3 is 9.32 Å². The van der Waals surface area contributed by atoms with Crippen LogP contribution in [0.3, 0.4) is 0 Å². The van der Waals surface area contributed by atoms with Crippen LogP contribution in [-0.4, -0.2) is 27.3 Å². The van der Waals surface area contributed by atoms with Gasteiger partial charge in [-0.1, -0.05) is 11.6 Å². The maximum absolute atomic E-state index is 12.7. The number of hydrogen-bond acceptors (Lipinski definition) is 4. The van der Waals surface area contributed by atoms with Crippen LogP contribution in [0.4, 0.5) is 0 Å². The van der Waals surface area contributed by atoms with Gasteiger partial charge in [0.1, 0.15) is 0 Å². The Bertz CT molecular complexity index is 909. The molecule has 27 heavy (non-hydrogen) atoms. The molecule has 138 valence electrons. The molecule has 3 heterocycles. The van der Waals surface area contributed by atoms with Gasteiger partial charge in [0, 0.05) is 42.4 Å². The molecule has 0 radical (unpaired) electrons. The molecule has 0 unspecified atom stereocenters. The third kappa shape index (κ3) is 4.03. The summed E-state index contributed by atoms with van der Waals surface area (Å²) in [5.74, 6) is 1.40. The molecule has 1 saturated heterocycles. The van der Waals surface area contributed by atoms with E-state index < -0.39 is 0 Å². The second-order valence-electron chi connectivity index (χ2n) is 6.65. The van der Waals surface area contributed by atoms with Gasteiger partial charge in [-0.05, 0) is 54.8 Å². The molecule has 4 rings (SSSR count). The number of likely N-dealkylation sites (tertiary alicyclic amines) is 1. The fourth-order valence-electron chi connectivity index (χ4n) is 3.53. The molecule has 6 heteroatoms. The number of benzene rings is 1. The highest BCUT2D eigenvalue weighted by molar-refractivity contribution is 6.30. The summed E-state index contributed by atoms with van der Waals surface area (Å²) in [7, 11) is 0. The van der Waals surface area contributed by atoms with Gasteiger partial charge in [0.15, 0.2) is 11.7 Å². The summed E-state index contributed by atoms with van der Waals surface area (Å²) in [5.41, 5.74) is 2.07.